The summed E-state index contributed by atoms with van der Waals surface area (Å²) in [4.78, 5) is 4.84. The summed E-state index contributed by atoms with van der Waals surface area (Å²) in [5.41, 5.74) is 2.49. The molecule has 2 aliphatic rings. The second-order valence-corrected chi connectivity index (χ2v) is 6.55. The molecule has 0 radical (unpaired) electrons. The molecule has 3 rings (SSSR count). The standard InChI is InChI=1S/C17H26N2O/c1-18(2)12-14-7-5-11-19(14)16-10-9-13-6-3-4-8-15(13)17(16)20/h3-4,6,8,14,16-17,20H,5,7,9-12H2,1-2H3. The molecule has 1 heterocycles. The first-order valence-electron chi connectivity index (χ1n) is 7.83. The first-order valence-corrected chi connectivity index (χ1v) is 7.83. The molecule has 3 heteroatoms. The highest BCUT2D eigenvalue weighted by atomic mass is 16.3. The summed E-state index contributed by atoms with van der Waals surface area (Å²) in [5, 5.41) is 10.8. The van der Waals surface area contributed by atoms with Gasteiger partial charge in [0.05, 0.1) is 6.10 Å². The van der Waals surface area contributed by atoms with Gasteiger partial charge in [-0.05, 0) is 57.5 Å². The zero-order valence-electron chi connectivity index (χ0n) is 12.6. The summed E-state index contributed by atoms with van der Waals surface area (Å²) in [7, 11) is 4.28. The van der Waals surface area contributed by atoms with Gasteiger partial charge < -0.3 is 10.0 Å². The predicted molar refractivity (Wildman–Crippen MR) is 81.8 cm³/mol. The van der Waals surface area contributed by atoms with E-state index < -0.39 is 0 Å². The van der Waals surface area contributed by atoms with Crippen molar-refractivity contribution < 1.29 is 5.11 Å². The van der Waals surface area contributed by atoms with E-state index in [9.17, 15) is 5.11 Å². The monoisotopic (exact) mass is 274 g/mol. The molecule has 0 bridgehead atoms. The van der Waals surface area contributed by atoms with Crippen LogP contribution >= 0.6 is 0 Å². The van der Waals surface area contributed by atoms with Crippen LogP contribution in [0.1, 0.15) is 36.5 Å². The second kappa shape index (κ2) is 5.84. The van der Waals surface area contributed by atoms with Crippen LogP contribution in [0.5, 0.6) is 0 Å². The summed E-state index contributed by atoms with van der Waals surface area (Å²) >= 11 is 0. The number of fused-ring (bicyclic) bond motifs is 1. The molecule has 1 aromatic rings. The third-order valence-corrected chi connectivity index (χ3v) is 4.87. The van der Waals surface area contributed by atoms with Crippen LogP contribution in [0.25, 0.3) is 0 Å². The van der Waals surface area contributed by atoms with Gasteiger partial charge in [0, 0.05) is 18.6 Å². The summed E-state index contributed by atoms with van der Waals surface area (Å²) in [6.45, 7) is 2.24. The van der Waals surface area contributed by atoms with Crippen molar-refractivity contribution in [1.29, 1.82) is 0 Å². The molecule has 1 fully saturated rings. The van der Waals surface area contributed by atoms with Crippen molar-refractivity contribution in [3.8, 4) is 0 Å². The van der Waals surface area contributed by atoms with Crippen molar-refractivity contribution >= 4 is 0 Å². The van der Waals surface area contributed by atoms with E-state index in [0.717, 1.165) is 31.5 Å². The van der Waals surface area contributed by atoms with Crippen LogP contribution in [0.3, 0.4) is 0 Å². The summed E-state index contributed by atoms with van der Waals surface area (Å²) in [6, 6.07) is 9.30. The molecular formula is C17H26N2O. The molecule has 3 nitrogen and oxygen atoms in total. The molecule has 0 spiro atoms. The lowest BCUT2D eigenvalue weighted by Gasteiger charge is -2.40. The molecule has 0 saturated carbocycles. The molecule has 1 N–H and O–H groups in total. The minimum atomic E-state index is -0.317. The Morgan fingerprint density at radius 3 is 2.85 bits per heavy atom. The van der Waals surface area contributed by atoms with Crippen molar-refractivity contribution in [2.75, 3.05) is 27.2 Å². The number of hydrogen-bond acceptors (Lipinski definition) is 3. The topological polar surface area (TPSA) is 26.7 Å². The second-order valence-electron chi connectivity index (χ2n) is 6.55. The Morgan fingerprint density at radius 2 is 2.05 bits per heavy atom. The predicted octanol–water partition coefficient (Wildman–Crippen LogP) is 2.06. The number of benzene rings is 1. The molecule has 3 unspecified atom stereocenters. The largest absolute Gasteiger partial charge is 0.387 e. The first-order chi connectivity index (χ1) is 9.66. The summed E-state index contributed by atoms with van der Waals surface area (Å²) in [6.07, 6.45) is 4.40. The Labute approximate surface area is 122 Å². The molecule has 1 saturated heterocycles. The minimum Gasteiger partial charge on any atom is -0.387 e. The van der Waals surface area contributed by atoms with Gasteiger partial charge in [0.2, 0.25) is 0 Å². The van der Waals surface area contributed by atoms with Gasteiger partial charge in [0.25, 0.3) is 0 Å². The lowest BCUT2D eigenvalue weighted by molar-refractivity contribution is 0.0239. The SMILES string of the molecule is CN(C)CC1CCCN1C1CCc2ccccc2C1O. The third-order valence-electron chi connectivity index (χ3n) is 4.87. The van der Waals surface area contributed by atoms with Gasteiger partial charge in [-0.3, -0.25) is 4.90 Å². The van der Waals surface area contributed by atoms with E-state index in [0.29, 0.717) is 12.1 Å². The number of rotatable bonds is 3. The zero-order valence-corrected chi connectivity index (χ0v) is 12.6. The number of aliphatic hydroxyl groups is 1. The number of likely N-dealkylation sites (tertiary alicyclic amines) is 1. The average molecular weight is 274 g/mol. The van der Waals surface area contributed by atoms with E-state index >= 15 is 0 Å². The minimum absolute atomic E-state index is 0.303. The van der Waals surface area contributed by atoms with Gasteiger partial charge in [-0.1, -0.05) is 24.3 Å². The summed E-state index contributed by atoms with van der Waals surface area (Å²) in [5.74, 6) is 0. The van der Waals surface area contributed by atoms with Gasteiger partial charge in [-0.15, -0.1) is 0 Å². The van der Waals surface area contributed by atoms with Crippen molar-refractivity contribution in [3.05, 3.63) is 35.4 Å². The highest BCUT2D eigenvalue weighted by Crippen LogP contribution is 2.36. The molecular weight excluding hydrogens is 248 g/mol. The van der Waals surface area contributed by atoms with Crippen molar-refractivity contribution in [2.45, 2.75) is 43.9 Å². The molecule has 0 aromatic heterocycles. The highest BCUT2D eigenvalue weighted by Gasteiger charge is 2.37. The van der Waals surface area contributed by atoms with E-state index in [1.54, 1.807) is 0 Å². The molecule has 1 aromatic carbocycles. The van der Waals surface area contributed by atoms with Crippen LogP contribution < -0.4 is 0 Å². The van der Waals surface area contributed by atoms with Crippen LogP contribution in [-0.2, 0) is 6.42 Å². The maximum atomic E-state index is 10.8. The van der Waals surface area contributed by atoms with Crippen molar-refractivity contribution in [2.24, 2.45) is 0 Å². The summed E-state index contributed by atoms with van der Waals surface area (Å²) < 4.78 is 0. The fraction of sp³-hybridized carbons (Fsp3) is 0.647. The van der Waals surface area contributed by atoms with Gasteiger partial charge in [-0.2, -0.15) is 0 Å². The molecule has 1 aliphatic carbocycles. The van der Waals surface area contributed by atoms with Crippen molar-refractivity contribution in [3.63, 3.8) is 0 Å². The number of aliphatic hydroxyl groups excluding tert-OH is 1. The van der Waals surface area contributed by atoms with Crippen molar-refractivity contribution in [1.82, 2.24) is 9.80 Å². The fourth-order valence-corrected chi connectivity index (χ4v) is 3.98. The van der Waals surface area contributed by atoms with E-state index in [4.69, 9.17) is 0 Å². The normalized spacial score (nSPS) is 30.7. The number of nitrogens with zero attached hydrogens (tertiary/aromatic N) is 2. The third kappa shape index (κ3) is 2.62. The molecule has 1 aliphatic heterocycles. The van der Waals surface area contributed by atoms with Gasteiger partial charge in [-0.25, -0.2) is 0 Å². The van der Waals surface area contributed by atoms with E-state index in [1.807, 2.05) is 6.07 Å². The Kier molecular flexibility index (Phi) is 4.11. The van der Waals surface area contributed by atoms with E-state index in [1.165, 1.54) is 18.4 Å². The van der Waals surface area contributed by atoms with Gasteiger partial charge >= 0.3 is 0 Å². The molecule has 20 heavy (non-hydrogen) atoms. The average Bonchev–Trinajstić information content (AvgIpc) is 2.87. The number of likely N-dealkylation sites (N-methyl/N-ethyl adjacent to an activating group) is 1. The smallest absolute Gasteiger partial charge is 0.0948 e. The number of aryl methyl sites for hydroxylation is 1. The van der Waals surface area contributed by atoms with Crippen LogP contribution in [-0.4, -0.2) is 54.2 Å². The maximum absolute atomic E-state index is 10.8. The van der Waals surface area contributed by atoms with Gasteiger partial charge in [0.1, 0.15) is 0 Å². The Morgan fingerprint density at radius 1 is 1.25 bits per heavy atom. The van der Waals surface area contributed by atoms with Gasteiger partial charge in [0.15, 0.2) is 0 Å². The number of hydrogen-bond donors (Lipinski definition) is 1. The lowest BCUT2D eigenvalue weighted by Crippen LogP contribution is -2.47. The van der Waals surface area contributed by atoms with E-state index in [-0.39, 0.29) is 6.10 Å². The molecule has 0 amide bonds. The van der Waals surface area contributed by atoms with Crippen LogP contribution in [0.15, 0.2) is 24.3 Å². The fourth-order valence-electron chi connectivity index (χ4n) is 3.98. The highest BCUT2D eigenvalue weighted by molar-refractivity contribution is 5.32. The first kappa shape index (κ1) is 14.1. The van der Waals surface area contributed by atoms with Crippen LogP contribution in [0.4, 0.5) is 0 Å². The quantitative estimate of drug-likeness (QED) is 0.914. The van der Waals surface area contributed by atoms with E-state index in [2.05, 4.69) is 42.1 Å². The Hall–Kier alpha value is -0.900. The Bertz CT molecular complexity index is 460. The Balaban J connectivity index is 1.78. The molecule has 3 atom stereocenters. The lowest BCUT2D eigenvalue weighted by atomic mass is 9.85. The molecule has 110 valence electrons. The zero-order chi connectivity index (χ0) is 14.1. The van der Waals surface area contributed by atoms with Crippen LogP contribution in [0.2, 0.25) is 0 Å². The van der Waals surface area contributed by atoms with Crippen LogP contribution in [0, 0.1) is 0 Å². The maximum Gasteiger partial charge on any atom is 0.0948 e.